The highest BCUT2D eigenvalue weighted by Gasteiger charge is 2.38. The van der Waals surface area contributed by atoms with Crippen LogP contribution in [0, 0.1) is 0 Å². The fourth-order valence-corrected chi connectivity index (χ4v) is 2.44. The first-order chi connectivity index (χ1) is 9.05. The van der Waals surface area contributed by atoms with Gasteiger partial charge in [0.1, 0.15) is 0 Å². The van der Waals surface area contributed by atoms with Crippen LogP contribution in [0.3, 0.4) is 0 Å². The quantitative estimate of drug-likeness (QED) is 0.605. The third kappa shape index (κ3) is 4.44. The summed E-state index contributed by atoms with van der Waals surface area (Å²) in [6.45, 7) is 4.54. The van der Waals surface area contributed by atoms with Gasteiger partial charge in [0.05, 0.1) is 12.1 Å². The Bertz CT molecular complexity index is 316. The van der Waals surface area contributed by atoms with Crippen LogP contribution in [0.5, 0.6) is 0 Å². The van der Waals surface area contributed by atoms with Gasteiger partial charge in [-0.3, -0.25) is 9.69 Å². The van der Waals surface area contributed by atoms with Crippen molar-refractivity contribution in [3.05, 3.63) is 0 Å². The lowest BCUT2D eigenvalue weighted by Crippen LogP contribution is -2.55. The van der Waals surface area contributed by atoms with Gasteiger partial charge in [-0.2, -0.15) is 0 Å². The molecule has 2 rings (SSSR count). The summed E-state index contributed by atoms with van der Waals surface area (Å²) < 4.78 is 5.16. The number of nitrogens with one attached hydrogen (secondary N) is 1. The molecule has 1 atom stereocenters. The summed E-state index contributed by atoms with van der Waals surface area (Å²) in [5, 5.41) is 3.41. The summed E-state index contributed by atoms with van der Waals surface area (Å²) in [7, 11) is 1.73. The molecular weight excluding hydrogens is 242 g/mol. The molecule has 2 aliphatic rings. The topological polar surface area (TPSA) is 67.6 Å². The normalized spacial score (nSPS) is 22.5. The molecule has 2 aliphatic carbocycles. The van der Waals surface area contributed by atoms with Gasteiger partial charge < -0.3 is 15.8 Å². The van der Waals surface area contributed by atoms with E-state index in [0.29, 0.717) is 12.1 Å². The third-order valence-electron chi connectivity index (χ3n) is 4.19. The lowest BCUT2D eigenvalue weighted by molar-refractivity contribution is -0.124. The molecular formula is C14H27N3O2. The minimum Gasteiger partial charge on any atom is -0.383 e. The van der Waals surface area contributed by atoms with Crippen molar-refractivity contribution in [1.82, 2.24) is 10.2 Å². The predicted molar refractivity (Wildman–Crippen MR) is 74.8 cm³/mol. The molecule has 0 bridgehead atoms. The molecule has 0 radical (unpaired) electrons. The highest BCUT2D eigenvalue weighted by atomic mass is 16.5. The zero-order valence-corrected chi connectivity index (χ0v) is 12.2. The molecule has 1 amide bonds. The van der Waals surface area contributed by atoms with E-state index in [1.807, 2.05) is 6.92 Å². The van der Waals surface area contributed by atoms with Crippen molar-refractivity contribution in [1.29, 1.82) is 0 Å². The summed E-state index contributed by atoms with van der Waals surface area (Å²) in [5.74, 6) is -0.234. The molecule has 0 spiro atoms. The van der Waals surface area contributed by atoms with Gasteiger partial charge in [-0.15, -0.1) is 0 Å². The van der Waals surface area contributed by atoms with E-state index in [0.717, 1.165) is 26.1 Å². The maximum atomic E-state index is 11.7. The number of nitrogens with two attached hydrogens (primary N) is 1. The van der Waals surface area contributed by atoms with Crippen molar-refractivity contribution >= 4 is 5.91 Å². The Kier molecular flexibility index (Phi) is 4.81. The van der Waals surface area contributed by atoms with Crippen LogP contribution in [-0.2, 0) is 9.53 Å². The Hall–Kier alpha value is -0.650. The zero-order chi connectivity index (χ0) is 13.9. The summed E-state index contributed by atoms with van der Waals surface area (Å²) in [4.78, 5) is 14.1. The molecule has 19 heavy (non-hydrogen) atoms. The molecule has 0 heterocycles. The zero-order valence-electron chi connectivity index (χ0n) is 12.2. The molecule has 2 fully saturated rings. The predicted octanol–water partition coefficient (Wildman–Crippen LogP) is 0.483. The van der Waals surface area contributed by atoms with Gasteiger partial charge in [-0.05, 0) is 39.0 Å². The molecule has 2 saturated carbocycles. The number of nitrogens with zero attached hydrogens (tertiary/aromatic N) is 1. The highest BCUT2D eigenvalue weighted by Crippen LogP contribution is 2.28. The van der Waals surface area contributed by atoms with Gasteiger partial charge in [0.15, 0.2) is 0 Å². The van der Waals surface area contributed by atoms with Gasteiger partial charge in [0, 0.05) is 32.3 Å². The Morgan fingerprint density at radius 2 is 2.05 bits per heavy atom. The van der Waals surface area contributed by atoms with Gasteiger partial charge in [-0.25, -0.2) is 0 Å². The molecule has 1 unspecified atom stereocenters. The van der Waals surface area contributed by atoms with Crippen molar-refractivity contribution in [2.24, 2.45) is 5.73 Å². The number of hydrogen-bond acceptors (Lipinski definition) is 4. The maximum absolute atomic E-state index is 11.7. The van der Waals surface area contributed by atoms with Crippen LogP contribution >= 0.6 is 0 Å². The minimum atomic E-state index is -0.568. The van der Waals surface area contributed by atoms with Crippen LogP contribution in [0.1, 0.15) is 39.0 Å². The van der Waals surface area contributed by atoms with Crippen molar-refractivity contribution in [2.45, 2.75) is 56.7 Å². The molecule has 5 nitrogen and oxygen atoms in total. The number of carbonyl (C=O) groups is 1. The monoisotopic (exact) mass is 269 g/mol. The molecule has 3 N–H and O–H groups in total. The number of methoxy groups -OCH3 is 1. The van der Waals surface area contributed by atoms with Gasteiger partial charge >= 0.3 is 0 Å². The highest BCUT2D eigenvalue weighted by molar-refractivity contribution is 5.84. The number of carbonyl (C=O) groups excluding carboxylic acids is 1. The first kappa shape index (κ1) is 14.8. The van der Waals surface area contributed by atoms with E-state index in [-0.39, 0.29) is 5.91 Å². The van der Waals surface area contributed by atoms with E-state index in [1.54, 1.807) is 7.11 Å². The van der Waals surface area contributed by atoms with E-state index in [4.69, 9.17) is 10.5 Å². The summed E-state index contributed by atoms with van der Waals surface area (Å²) in [6, 6.07) is 1.18. The van der Waals surface area contributed by atoms with E-state index >= 15 is 0 Å². The number of primary amides is 1. The summed E-state index contributed by atoms with van der Waals surface area (Å²) in [6.07, 6.45) is 5.65. The van der Waals surface area contributed by atoms with E-state index in [9.17, 15) is 4.79 Å². The third-order valence-corrected chi connectivity index (χ3v) is 4.19. The number of amides is 1. The SMILES string of the molecule is COCCN(CCC(C)(NC1CC1)C(N)=O)C1CC1. The first-order valence-corrected chi connectivity index (χ1v) is 7.36. The Balaban J connectivity index is 1.83. The smallest absolute Gasteiger partial charge is 0.237 e. The van der Waals surface area contributed by atoms with Crippen LogP contribution in [-0.4, -0.2) is 55.2 Å². The Morgan fingerprint density at radius 1 is 1.37 bits per heavy atom. The maximum Gasteiger partial charge on any atom is 0.237 e. The van der Waals surface area contributed by atoms with Gasteiger partial charge in [-0.1, -0.05) is 0 Å². The van der Waals surface area contributed by atoms with Gasteiger partial charge in [0.2, 0.25) is 5.91 Å². The molecule has 0 aliphatic heterocycles. The van der Waals surface area contributed by atoms with Crippen molar-refractivity contribution in [3.63, 3.8) is 0 Å². The average Bonchev–Trinajstić information content (AvgIpc) is 3.22. The molecule has 0 aromatic rings. The van der Waals surface area contributed by atoms with Crippen molar-refractivity contribution in [3.8, 4) is 0 Å². The lowest BCUT2D eigenvalue weighted by atomic mass is 9.96. The first-order valence-electron chi connectivity index (χ1n) is 7.36. The molecule has 5 heteroatoms. The fourth-order valence-electron chi connectivity index (χ4n) is 2.44. The van der Waals surface area contributed by atoms with Crippen LogP contribution in [0.4, 0.5) is 0 Å². The average molecular weight is 269 g/mol. The second-order valence-corrected chi connectivity index (χ2v) is 6.12. The minimum absolute atomic E-state index is 0.234. The molecule has 110 valence electrons. The fraction of sp³-hybridized carbons (Fsp3) is 0.929. The second kappa shape index (κ2) is 6.20. The second-order valence-electron chi connectivity index (χ2n) is 6.12. The number of rotatable bonds is 10. The Morgan fingerprint density at radius 3 is 2.53 bits per heavy atom. The molecule has 0 saturated heterocycles. The summed E-state index contributed by atoms with van der Waals surface area (Å²) >= 11 is 0. The van der Waals surface area contributed by atoms with Crippen molar-refractivity contribution < 1.29 is 9.53 Å². The number of ether oxygens (including phenoxy) is 1. The standard InChI is InChI=1S/C14H27N3O2/c1-14(13(15)18,16-11-3-4-11)7-8-17(9-10-19-2)12-5-6-12/h11-12,16H,3-10H2,1-2H3,(H2,15,18). The molecule has 0 aromatic heterocycles. The van der Waals surface area contributed by atoms with Crippen LogP contribution in [0.25, 0.3) is 0 Å². The summed E-state index contributed by atoms with van der Waals surface area (Å²) in [5.41, 5.74) is 5.01. The Labute approximate surface area is 115 Å². The largest absolute Gasteiger partial charge is 0.383 e. The van der Waals surface area contributed by atoms with Gasteiger partial charge in [0.25, 0.3) is 0 Å². The van der Waals surface area contributed by atoms with E-state index < -0.39 is 5.54 Å². The lowest BCUT2D eigenvalue weighted by Gasteiger charge is -2.31. The molecule has 0 aromatic carbocycles. The van der Waals surface area contributed by atoms with Crippen molar-refractivity contribution in [2.75, 3.05) is 26.8 Å². The number of hydrogen-bond donors (Lipinski definition) is 2. The van der Waals surface area contributed by atoms with E-state index in [2.05, 4.69) is 10.2 Å². The van der Waals surface area contributed by atoms with Crippen LogP contribution < -0.4 is 11.1 Å². The van der Waals surface area contributed by atoms with E-state index in [1.165, 1.54) is 25.7 Å². The van der Waals surface area contributed by atoms with Crippen LogP contribution in [0.15, 0.2) is 0 Å². The van der Waals surface area contributed by atoms with Crippen LogP contribution in [0.2, 0.25) is 0 Å².